The van der Waals surface area contributed by atoms with Crippen molar-refractivity contribution in [2.24, 2.45) is 0 Å². The van der Waals surface area contributed by atoms with Gasteiger partial charge >= 0.3 is 0 Å². The van der Waals surface area contributed by atoms with Crippen molar-refractivity contribution >= 4 is 44.0 Å². The molecule has 0 bridgehead atoms. The highest BCUT2D eigenvalue weighted by Crippen LogP contribution is 2.28. The summed E-state index contributed by atoms with van der Waals surface area (Å²) in [5.41, 5.74) is 1.97. The zero-order valence-corrected chi connectivity index (χ0v) is 15.7. The fourth-order valence-electron chi connectivity index (χ4n) is 2.98. The van der Waals surface area contributed by atoms with Crippen LogP contribution in [0.2, 0.25) is 4.34 Å². The number of sulfonamides is 1. The van der Waals surface area contributed by atoms with Crippen molar-refractivity contribution in [3.05, 3.63) is 46.6 Å². The Hall–Kier alpha value is -1.45. The first-order valence-electron chi connectivity index (χ1n) is 7.94. The van der Waals surface area contributed by atoms with E-state index in [2.05, 4.69) is 14.9 Å². The van der Waals surface area contributed by atoms with Gasteiger partial charge in [-0.2, -0.15) is 4.31 Å². The van der Waals surface area contributed by atoms with Gasteiger partial charge in [0.15, 0.2) is 0 Å². The second kappa shape index (κ2) is 6.69. The van der Waals surface area contributed by atoms with Gasteiger partial charge in [-0.05, 0) is 24.3 Å². The van der Waals surface area contributed by atoms with Gasteiger partial charge in [0.25, 0.3) is 10.0 Å². The Kier molecular flexibility index (Phi) is 4.55. The van der Waals surface area contributed by atoms with Crippen LogP contribution >= 0.6 is 22.9 Å². The van der Waals surface area contributed by atoms with E-state index in [9.17, 15) is 8.42 Å². The highest BCUT2D eigenvalue weighted by molar-refractivity contribution is 7.91. The molecule has 0 amide bonds. The summed E-state index contributed by atoms with van der Waals surface area (Å²) >= 11 is 6.97. The van der Waals surface area contributed by atoms with Crippen molar-refractivity contribution in [3.63, 3.8) is 0 Å². The number of thiophene rings is 1. The van der Waals surface area contributed by atoms with E-state index in [0.717, 1.165) is 28.2 Å². The molecule has 0 radical (unpaired) electrons. The van der Waals surface area contributed by atoms with Crippen molar-refractivity contribution in [3.8, 4) is 0 Å². The molecule has 1 aliphatic heterocycles. The van der Waals surface area contributed by atoms with Crippen LogP contribution in [0, 0.1) is 0 Å². The average molecular weight is 397 g/mol. The van der Waals surface area contributed by atoms with Gasteiger partial charge in [-0.25, -0.2) is 13.4 Å². The highest BCUT2D eigenvalue weighted by Gasteiger charge is 2.29. The zero-order valence-electron chi connectivity index (χ0n) is 13.4. The van der Waals surface area contributed by atoms with Crippen LogP contribution in [0.15, 0.2) is 40.6 Å². The number of nitrogens with zero attached hydrogens (tertiary/aromatic N) is 3. The second-order valence-electron chi connectivity index (χ2n) is 5.94. The summed E-state index contributed by atoms with van der Waals surface area (Å²) in [5, 5.41) is 0. The van der Waals surface area contributed by atoms with Crippen LogP contribution in [0.3, 0.4) is 0 Å². The molecule has 1 saturated heterocycles. The molecule has 3 heterocycles. The number of fused-ring (bicyclic) bond motifs is 1. The van der Waals surface area contributed by atoms with E-state index >= 15 is 0 Å². The van der Waals surface area contributed by atoms with Crippen LogP contribution in [0.4, 0.5) is 0 Å². The lowest BCUT2D eigenvalue weighted by Gasteiger charge is -2.33. The Morgan fingerprint density at radius 1 is 1.12 bits per heavy atom. The third kappa shape index (κ3) is 3.45. The predicted octanol–water partition coefficient (Wildman–Crippen LogP) is 2.78. The van der Waals surface area contributed by atoms with E-state index in [0.29, 0.717) is 41.3 Å². The van der Waals surface area contributed by atoms with Gasteiger partial charge in [0.2, 0.25) is 0 Å². The molecule has 1 fully saturated rings. The summed E-state index contributed by atoms with van der Waals surface area (Å²) in [4.78, 5) is 10.1. The Morgan fingerprint density at radius 3 is 2.56 bits per heavy atom. The van der Waals surface area contributed by atoms with E-state index in [1.807, 2.05) is 24.3 Å². The lowest BCUT2D eigenvalue weighted by atomic mass is 10.3. The monoisotopic (exact) mass is 396 g/mol. The molecule has 4 rings (SSSR count). The third-order valence-electron chi connectivity index (χ3n) is 4.29. The molecule has 1 N–H and O–H groups in total. The number of aromatic amines is 1. The molecule has 0 saturated carbocycles. The minimum Gasteiger partial charge on any atom is -0.341 e. The molecule has 0 atom stereocenters. The summed E-state index contributed by atoms with van der Waals surface area (Å²) in [7, 11) is -3.44. The maximum absolute atomic E-state index is 12.6. The molecular weight excluding hydrogens is 380 g/mol. The number of piperazine rings is 1. The molecule has 0 unspecified atom stereocenters. The molecule has 0 spiro atoms. The fraction of sp³-hybridized carbons (Fsp3) is 0.312. The number of rotatable bonds is 4. The molecule has 1 aromatic carbocycles. The minimum absolute atomic E-state index is 0.309. The largest absolute Gasteiger partial charge is 0.341 e. The van der Waals surface area contributed by atoms with Crippen molar-refractivity contribution in [1.29, 1.82) is 0 Å². The molecule has 3 aromatic rings. The van der Waals surface area contributed by atoms with Gasteiger partial charge in [-0.15, -0.1) is 11.3 Å². The quantitative estimate of drug-likeness (QED) is 0.736. The van der Waals surface area contributed by atoms with Crippen molar-refractivity contribution in [1.82, 2.24) is 19.2 Å². The summed E-state index contributed by atoms with van der Waals surface area (Å²) in [6, 6.07) is 11.1. The van der Waals surface area contributed by atoms with Crippen LogP contribution in [-0.2, 0) is 16.6 Å². The summed E-state index contributed by atoms with van der Waals surface area (Å²) in [6.07, 6.45) is 0. The molecule has 0 aliphatic carbocycles. The van der Waals surface area contributed by atoms with E-state index in [1.54, 1.807) is 12.1 Å². The number of halogens is 1. The molecule has 25 heavy (non-hydrogen) atoms. The summed E-state index contributed by atoms with van der Waals surface area (Å²) in [6.45, 7) is 2.98. The van der Waals surface area contributed by atoms with E-state index in [4.69, 9.17) is 11.6 Å². The molecule has 132 valence electrons. The molecule has 1 aliphatic rings. The lowest BCUT2D eigenvalue weighted by Crippen LogP contribution is -2.48. The smallest absolute Gasteiger partial charge is 0.252 e. The molecule has 2 aromatic heterocycles. The van der Waals surface area contributed by atoms with E-state index in [-0.39, 0.29) is 0 Å². The predicted molar refractivity (Wildman–Crippen MR) is 99.5 cm³/mol. The Balaban J connectivity index is 1.41. The maximum Gasteiger partial charge on any atom is 0.252 e. The van der Waals surface area contributed by atoms with Gasteiger partial charge in [-0.1, -0.05) is 23.7 Å². The van der Waals surface area contributed by atoms with Crippen molar-refractivity contribution in [2.75, 3.05) is 26.2 Å². The Labute approximate surface area is 155 Å². The van der Waals surface area contributed by atoms with Gasteiger partial charge in [-0.3, -0.25) is 4.90 Å². The van der Waals surface area contributed by atoms with Crippen LogP contribution < -0.4 is 0 Å². The first kappa shape index (κ1) is 17.0. The topological polar surface area (TPSA) is 69.3 Å². The van der Waals surface area contributed by atoms with Crippen LogP contribution in [-0.4, -0.2) is 53.8 Å². The number of benzene rings is 1. The molecule has 9 heteroatoms. The maximum atomic E-state index is 12.6. The van der Waals surface area contributed by atoms with Crippen LogP contribution in [0.25, 0.3) is 11.0 Å². The second-order valence-corrected chi connectivity index (χ2v) is 9.82. The first-order chi connectivity index (χ1) is 12.0. The number of H-pyrrole nitrogens is 1. The van der Waals surface area contributed by atoms with Gasteiger partial charge in [0.05, 0.1) is 21.9 Å². The number of hydrogen-bond donors (Lipinski definition) is 1. The third-order valence-corrected chi connectivity index (χ3v) is 7.88. The van der Waals surface area contributed by atoms with Crippen LogP contribution in [0.5, 0.6) is 0 Å². The molecular formula is C16H17ClN4O2S2. The normalized spacial score (nSPS) is 17.3. The van der Waals surface area contributed by atoms with Gasteiger partial charge < -0.3 is 4.98 Å². The van der Waals surface area contributed by atoms with Crippen molar-refractivity contribution < 1.29 is 8.42 Å². The first-order valence-corrected chi connectivity index (χ1v) is 10.6. The zero-order chi connectivity index (χ0) is 17.4. The Bertz CT molecular complexity index is 957. The summed E-state index contributed by atoms with van der Waals surface area (Å²) in [5.74, 6) is 0.905. The van der Waals surface area contributed by atoms with Gasteiger partial charge in [0.1, 0.15) is 10.0 Å². The lowest BCUT2D eigenvalue weighted by molar-refractivity contribution is 0.179. The molecule has 6 nitrogen and oxygen atoms in total. The van der Waals surface area contributed by atoms with E-state index < -0.39 is 10.0 Å². The number of hydrogen-bond acceptors (Lipinski definition) is 5. The highest BCUT2D eigenvalue weighted by atomic mass is 35.5. The summed E-state index contributed by atoms with van der Waals surface area (Å²) < 4.78 is 27.6. The minimum atomic E-state index is -3.44. The Morgan fingerprint density at radius 2 is 1.88 bits per heavy atom. The van der Waals surface area contributed by atoms with Gasteiger partial charge in [0, 0.05) is 26.2 Å². The fourth-order valence-corrected chi connectivity index (χ4v) is 6.04. The van der Waals surface area contributed by atoms with E-state index in [1.165, 1.54) is 4.31 Å². The van der Waals surface area contributed by atoms with Crippen LogP contribution in [0.1, 0.15) is 5.82 Å². The standard InChI is InChI=1S/C16H17ClN4O2S2/c17-14-5-6-16(24-14)25(22,23)21-9-7-20(8-10-21)11-15-18-12-3-1-2-4-13(12)19-15/h1-6H,7-11H2,(H,18,19). The number of aromatic nitrogens is 2. The number of imidazole rings is 1. The number of nitrogens with one attached hydrogen (secondary N) is 1. The number of para-hydroxylation sites is 2. The van der Waals surface area contributed by atoms with Crippen molar-refractivity contribution in [2.45, 2.75) is 10.8 Å². The SMILES string of the molecule is O=S(=O)(c1ccc(Cl)s1)N1CCN(Cc2nc3ccccc3[nH]2)CC1. The average Bonchev–Trinajstić information content (AvgIpc) is 3.21.